The number of aromatic nitrogens is 3. The SMILES string of the molecule is Cc1ncc(C(=O)Nc2cc(CNCC(C)C)c(C)c(C(F)(F)F)c2)cc1N(N)CC(=N)c1cnn(C)c1C. The summed E-state index contributed by atoms with van der Waals surface area (Å²) in [5, 5.41) is 19.6. The quantitative estimate of drug-likeness (QED) is 0.169. The van der Waals surface area contributed by atoms with Gasteiger partial charge in [-0.2, -0.15) is 18.3 Å². The Hall–Kier alpha value is -3.77. The van der Waals surface area contributed by atoms with Gasteiger partial charge in [0, 0.05) is 36.7 Å². The molecule has 0 atom stereocenters. The molecule has 0 aliphatic rings. The van der Waals surface area contributed by atoms with Gasteiger partial charge in [-0.25, -0.2) is 5.84 Å². The van der Waals surface area contributed by atoms with E-state index in [1.54, 1.807) is 30.9 Å². The first-order chi connectivity index (χ1) is 18.2. The Labute approximate surface area is 226 Å². The Bertz CT molecular complexity index is 1360. The smallest absolute Gasteiger partial charge is 0.322 e. The topological polar surface area (TPSA) is 125 Å². The zero-order chi connectivity index (χ0) is 29.1. The van der Waals surface area contributed by atoms with Crippen molar-refractivity contribution in [1.29, 1.82) is 5.41 Å². The molecule has 0 bridgehead atoms. The molecule has 0 unspecified atom stereocenters. The molecule has 1 aromatic carbocycles. The largest absolute Gasteiger partial charge is 0.416 e. The number of nitrogens with zero attached hydrogens (tertiary/aromatic N) is 4. The van der Waals surface area contributed by atoms with Crippen LogP contribution in [0.1, 0.15) is 57.8 Å². The Morgan fingerprint density at radius 3 is 2.46 bits per heavy atom. The molecule has 2 heterocycles. The van der Waals surface area contributed by atoms with Crippen molar-refractivity contribution in [2.75, 3.05) is 23.4 Å². The van der Waals surface area contributed by atoms with E-state index >= 15 is 0 Å². The van der Waals surface area contributed by atoms with Crippen LogP contribution in [-0.2, 0) is 19.8 Å². The van der Waals surface area contributed by atoms with Crippen molar-refractivity contribution in [1.82, 2.24) is 20.1 Å². The van der Waals surface area contributed by atoms with Crippen LogP contribution < -0.4 is 21.5 Å². The van der Waals surface area contributed by atoms with E-state index < -0.39 is 17.6 Å². The third kappa shape index (κ3) is 7.21. The number of benzene rings is 1. The minimum Gasteiger partial charge on any atom is -0.322 e. The third-order valence-corrected chi connectivity index (χ3v) is 6.47. The summed E-state index contributed by atoms with van der Waals surface area (Å²) in [6, 6.07) is 3.99. The highest BCUT2D eigenvalue weighted by Crippen LogP contribution is 2.35. The van der Waals surface area contributed by atoms with Crippen molar-refractivity contribution >= 4 is 23.0 Å². The molecule has 39 heavy (non-hydrogen) atoms. The Kier molecular flexibility index (Phi) is 9.13. The fraction of sp³-hybridized carbons (Fsp3) is 0.407. The molecule has 2 aromatic heterocycles. The van der Waals surface area contributed by atoms with Gasteiger partial charge in [-0.1, -0.05) is 13.8 Å². The molecule has 0 fully saturated rings. The third-order valence-electron chi connectivity index (χ3n) is 6.47. The predicted octanol–water partition coefficient (Wildman–Crippen LogP) is 4.51. The van der Waals surface area contributed by atoms with Crippen LogP contribution in [0.4, 0.5) is 24.5 Å². The van der Waals surface area contributed by atoms with E-state index in [0.717, 1.165) is 11.8 Å². The van der Waals surface area contributed by atoms with Gasteiger partial charge >= 0.3 is 6.18 Å². The van der Waals surface area contributed by atoms with Crippen LogP contribution in [0.2, 0.25) is 0 Å². The van der Waals surface area contributed by atoms with E-state index in [4.69, 9.17) is 11.3 Å². The molecular formula is C27H35F3N8O. The summed E-state index contributed by atoms with van der Waals surface area (Å²) in [6.07, 6.45) is -1.65. The highest BCUT2D eigenvalue weighted by atomic mass is 19.4. The van der Waals surface area contributed by atoms with E-state index in [1.807, 2.05) is 20.8 Å². The lowest BCUT2D eigenvalue weighted by atomic mass is 10.00. The maximum absolute atomic E-state index is 13.8. The average molecular weight is 545 g/mol. The molecule has 3 rings (SSSR count). The number of hydrogen-bond donors (Lipinski definition) is 4. The van der Waals surface area contributed by atoms with Crippen LogP contribution in [0.15, 0.2) is 30.6 Å². The van der Waals surface area contributed by atoms with Crippen LogP contribution in [0.3, 0.4) is 0 Å². The minimum absolute atomic E-state index is 0.0275. The van der Waals surface area contributed by atoms with Gasteiger partial charge in [0.1, 0.15) is 0 Å². The maximum atomic E-state index is 13.8. The minimum atomic E-state index is -4.58. The molecule has 0 saturated carbocycles. The zero-order valence-electron chi connectivity index (χ0n) is 23.0. The summed E-state index contributed by atoms with van der Waals surface area (Å²) in [4.78, 5) is 17.3. The van der Waals surface area contributed by atoms with Crippen molar-refractivity contribution < 1.29 is 18.0 Å². The number of amides is 1. The van der Waals surface area contributed by atoms with Crippen molar-refractivity contribution in [3.8, 4) is 0 Å². The van der Waals surface area contributed by atoms with Gasteiger partial charge in [0.15, 0.2) is 0 Å². The molecule has 0 saturated heterocycles. The second-order valence-electron chi connectivity index (χ2n) is 9.99. The molecule has 5 N–H and O–H groups in total. The summed E-state index contributed by atoms with van der Waals surface area (Å²) < 4.78 is 43.0. The molecule has 0 radical (unpaired) electrons. The van der Waals surface area contributed by atoms with E-state index in [-0.39, 0.29) is 35.6 Å². The average Bonchev–Trinajstić information content (AvgIpc) is 3.18. The monoisotopic (exact) mass is 544 g/mol. The van der Waals surface area contributed by atoms with Gasteiger partial charge in [-0.05, 0) is 62.6 Å². The number of nitrogens with one attached hydrogen (secondary N) is 3. The number of carbonyl (C=O) groups excluding carboxylic acids is 1. The second kappa shape index (κ2) is 12.0. The predicted molar refractivity (Wildman–Crippen MR) is 146 cm³/mol. The Morgan fingerprint density at radius 1 is 1.18 bits per heavy atom. The van der Waals surface area contributed by atoms with Gasteiger partial charge in [0.25, 0.3) is 5.91 Å². The van der Waals surface area contributed by atoms with Crippen LogP contribution in [0, 0.1) is 32.1 Å². The lowest BCUT2D eigenvalue weighted by Gasteiger charge is -2.21. The highest BCUT2D eigenvalue weighted by molar-refractivity contribution is 6.05. The number of carbonyl (C=O) groups is 1. The van der Waals surface area contributed by atoms with Crippen LogP contribution in [0.5, 0.6) is 0 Å². The normalized spacial score (nSPS) is 11.7. The van der Waals surface area contributed by atoms with Crippen molar-refractivity contribution in [3.05, 3.63) is 69.8 Å². The number of anilines is 2. The van der Waals surface area contributed by atoms with E-state index in [1.165, 1.54) is 24.2 Å². The lowest BCUT2D eigenvalue weighted by Crippen LogP contribution is -2.37. The van der Waals surface area contributed by atoms with E-state index in [9.17, 15) is 18.0 Å². The first kappa shape index (κ1) is 29.8. The summed E-state index contributed by atoms with van der Waals surface area (Å²) in [7, 11) is 1.78. The van der Waals surface area contributed by atoms with Gasteiger partial charge in [0.2, 0.25) is 0 Å². The summed E-state index contributed by atoms with van der Waals surface area (Å²) in [5.74, 6) is 5.95. The number of nitrogens with two attached hydrogens (primary N) is 1. The number of pyridine rings is 1. The van der Waals surface area contributed by atoms with Crippen LogP contribution >= 0.6 is 0 Å². The molecule has 12 heteroatoms. The summed E-state index contributed by atoms with van der Waals surface area (Å²) in [5.41, 5.74) is 2.52. The second-order valence-corrected chi connectivity index (χ2v) is 9.99. The molecule has 3 aromatic rings. The van der Waals surface area contributed by atoms with Gasteiger partial charge in [-0.3, -0.25) is 14.5 Å². The number of hydrazine groups is 1. The molecule has 1 amide bonds. The fourth-order valence-corrected chi connectivity index (χ4v) is 4.10. The number of alkyl halides is 3. The van der Waals surface area contributed by atoms with Crippen molar-refractivity contribution in [3.63, 3.8) is 0 Å². The van der Waals surface area contributed by atoms with Gasteiger partial charge in [0.05, 0.1) is 41.0 Å². The molecular weight excluding hydrogens is 509 g/mol. The fourth-order valence-electron chi connectivity index (χ4n) is 4.10. The number of halogens is 3. The van der Waals surface area contributed by atoms with Gasteiger partial charge < -0.3 is 21.1 Å². The molecule has 0 aliphatic carbocycles. The van der Waals surface area contributed by atoms with Crippen molar-refractivity contribution in [2.45, 2.75) is 47.3 Å². The Morgan fingerprint density at radius 2 is 1.87 bits per heavy atom. The Balaban J connectivity index is 1.84. The van der Waals surface area contributed by atoms with Crippen LogP contribution in [-0.4, -0.2) is 39.5 Å². The molecule has 0 aliphatic heterocycles. The van der Waals surface area contributed by atoms with E-state index in [2.05, 4.69) is 20.7 Å². The summed E-state index contributed by atoms with van der Waals surface area (Å²) >= 11 is 0. The number of hydrogen-bond acceptors (Lipinski definition) is 7. The standard InChI is InChI=1S/C27H35F3N8O/c1-15(2)10-33-11-19-7-21(9-23(16(19)3)27(28,29)30)36-26(39)20-8-25(17(4)34-12-20)38(32)14-24(31)22-13-35-37(6)18(22)5/h7-9,12-13,15,31,33H,10-11,14,32H2,1-6H3,(H,36,39). The van der Waals surface area contributed by atoms with Crippen molar-refractivity contribution in [2.24, 2.45) is 18.8 Å². The highest BCUT2D eigenvalue weighted by Gasteiger charge is 2.34. The maximum Gasteiger partial charge on any atom is 0.416 e. The van der Waals surface area contributed by atoms with Gasteiger partial charge in [-0.15, -0.1) is 0 Å². The lowest BCUT2D eigenvalue weighted by molar-refractivity contribution is -0.138. The van der Waals surface area contributed by atoms with E-state index in [0.29, 0.717) is 35.0 Å². The molecule has 210 valence electrons. The molecule has 0 spiro atoms. The first-order valence-corrected chi connectivity index (χ1v) is 12.5. The van der Waals surface area contributed by atoms with Crippen LogP contribution in [0.25, 0.3) is 0 Å². The number of aryl methyl sites for hydroxylation is 2. The molecule has 9 nitrogen and oxygen atoms in total. The number of rotatable bonds is 10. The first-order valence-electron chi connectivity index (χ1n) is 12.5. The zero-order valence-corrected chi connectivity index (χ0v) is 23.0. The summed E-state index contributed by atoms with van der Waals surface area (Å²) in [6.45, 7) is 9.90.